The van der Waals surface area contributed by atoms with Crippen LogP contribution in [-0.4, -0.2) is 5.71 Å². The number of aliphatic imine (C=N–C) groups is 1. The second kappa shape index (κ2) is 19.9. The van der Waals surface area contributed by atoms with Crippen molar-refractivity contribution in [1.82, 2.24) is 0 Å². The van der Waals surface area contributed by atoms with E-state index in [1.807, 2.05) is 0 Å². The molecule has 41 heavy (non-hydrogen) atoms. The van der Waals surface area contributed by atoms with Crippen LogP contribution in [0.1, 0.15) is 146 Å². The van der Waals surface area contributed by atoms with Crippen molar-refractivity contribution in [3.8, 4) is 0 Å². The van der Waals surface area contributed by atoms with Crippen molar-refractivity contribution >= 4 is 25.0 Å². The summed E-state index contributed by atoms with van der Waals surface area (Å²) in [5, 5.41) is 2.24. The van der Waals surface area contributed by atoms with Gasteiger partial charge in [0.2, 0.25) is 0 Å². The van der Waals surface area contributed by atoms with Crippen LogP contribution in [0.3, 0.4) is 0 Å². The molecule has 2 rings (SSSR count). The fourth-order valence-corrected chi connectivity index (χ4v) is 8.83. The molecule has 2 aromatic carbocycles. The van der Waals surface area contributed by atoms with Crippen molar-refractivity contribution in [2.75, 3.05) is 0 Å². The van der Waals surface area contributed by atoms with E-state index in [1.54, 1.807) is 5.56 Å². The fraction of sp³-hybridized carbons (Fsp3) is 0.605. The second-order valence-electron chi connectivity index (χ2n) is 11.7. The molecule has 0 bridgehead atoms. The van der Waals surface area contributed by atoms with Crippen LogP contribution < -0.4 is 0 Å². The summed E-state index contributed by atoms with van der Waals surface area (Å²) in [7, 11) is 7.09. The molecule has 2 aromatic rings. The number of benzene rings is 2. The van der Waals surface area contributed by atoms with Crippen LogP contribution in [0.2, 0.25) is 5.40 Å². The maximum absolute atomic E-state index is 7.09. The molecule has 0 saturated heterocycles. The number of nitrogens with zero attached hydrogens (tertiary/aromatic N) is 1. The van der Waals surface area contributed by atoms with Gasteiger partial charge in [-0.1, -0.05) is 0 Å². The minimum atomic E-state index is -1.38. The molecule has 0 aromatic heterocycles. The normalized spacial score (nSPS) is 13.0. The zero-order valence-corrected chi connectivity index (χ0v) is 29.9. The molecule has 0 radical (unpaired) electrons. The Bertz CT molecular complexity index is 1100. The molecule has 0 atom stereocenters. The zero-order chi connectivity index (χ0) is 30.2. The molecule has 0 spiro atoms. The first-order chi connectivity index (χ1) is 19.8. The number of aryl methyl sites for hydroxylation is 4. The molecule has 3 heteroatoms. The van der Waals surface area contributed by atoms with Gasteiger partial charge in [0, 0.05) is 0 Å². The van der Waals surface area contributed by atoms with E-state index in [0.29, 0.717) is 0 Å². The van der Waals surface area contributed by atoms with Gasteiger partial charge in [0.1, 0.15) is 0 Å². The van der Waals surface area contributed by atoms with E-state index >= 15 is 0 Å². The molecule has 0 saturated carbocycles. The van der Waals surface area contributed by atoms with Gasteiger partial charge < -0.3 is 0 Å². The zero-order valence-electron chi connectivity index (χ0n) is 27.6. The van der Waals surface area contributed by atoms with Crippen LogP contribution >= 0.6 is 9.53 Å². The van der Waals surface area contributed by atoms with Crippen molar-refractivity contribution in [3.05, 3.63) is 69.3 Å². The SMILES string of the molecule is CCCCCCCCc1cc(C)cc([C](=C(CC)C(C)=Nc2cc(CCCC)c(CC)c(CCCC)c2)[Pd]([CH3])[Cl])c1. The Hall–Kier alpha value is -1.20. The predicted molar refractivity (Wildman–Crippen MR) is 183 cm³/mol. The van der Waals surface area contributed by atoms with E-state index in [2.05, 4.69) is 84.2 Å². The van der Waals surface area contributed by atoms with Crippen molar-refractivity contribution in [3.63, 3.8) is 0 Å². The first-order valence-corrected chi connectivity index (χ1v) is 20.8. The van der Waals surface area contributed by atoms with E-state index in [9.17, 15) is 0 Å². The Morgan fingerprint density at radius 3 is 1.85 bits per heavy atom. The average Bonchev–Trinajstić information content (AvgIpc) is 2.94. The average molecular weight is 672 g/mol. The van der Waals surface area contributed by atoms with Crippen molar-refractivity contribution in [2.24, 2.45) is 4.99 Å². The van der Waals surface area contributed by atoms with Crippen LogP contribution in [0.15, 0.2) is 40.9 Å². The van der Waals surface area contributed by atoms with Gasteiger partial charge in [-0.05, 0) is 0 Å². The van der Waals surface area contributed by atoms with Crippen molar-refractivity contribution in [1.29, 1.82) is 0 Å². The molecule has 1 nitrogen and oxygen atoms in total. The Morgan fingerprint density at radius 2 is 1.32 bits per heavy atom. The van der Waals surface area contributed by atoms with Gasteiger partial charge in [0.25, 0.3) is 0 Å². The standard InChI is InChI=1S/C37H56N.CH3.ClH.Pd/c1-8-13-16-17-18-19-20-31-23-29(6)24-32(25-31)26-33(11-4)30(7)38-36-27-34(21-14-9-2)37(12-5)35(28-36)22-15-10-3;;;/h23-25,27-28H,8-22H2,1-7H3;1H3;1H;/q;;;+1/p-1. The summed E-state index contributed by atoms with van der Waals surface area (Å²) in [6, 6.07) is 11.9. The van der Waals surface area contributed by atoms with Crippen LogP contribution in [0.25, 0.3) is 4.05 Å². The first kappa shape index (κ1) is 36.0. The second-order valence-corrected chi connectivity index (χ2v) is 16.2. The third-order valence-electron chi connectivity index (χ3n) is 8.12. The van der Waals surface area contributed by atoms with Crippen LogP contribution in [0.4, 0.5) is 5.69 Å². The molecule has 0 amide bonds. The van der Waals surface area contributed by atoms with Crippen molar-refractivity contribution in [2.45, 2.75) is 150 Å². The van der Waals surface area contributed by atoms with Crippen molar-refractivity contribution < 1.29 is 15.7 Å². The van der Waals surface area contributed by atoms with Gasteiger partial charge in [-0.3, -0.25) is 0 Å². The Morgan fingerprint density at radius 1 is 0.732 bits per heavy atom. The van der Waals surface area contributed by atoms with E-state index in [1.165, 1.54) is 102 Å². The van der Waals surface area contributed by atoms with Gasteiger partial charge >= 0.3 is 265 Å². The molecule has 0 heterocycles. The van der Waals surface area contributed by atoms with Gasteiger partial charge in [0.05, 0.1) is 0 Å². The third kappa shape index (κ3) is 11.8. The number of hydrogen-bond donors (Lipinski definition) is 0. The number of hydrogen-bond acceptors (Lipinski definition) is 1. The van der Waals surface area contributed by atoms with Crippen LogP contribution in [0, 0.1) is 6.92 Å². The Kier molecular flexibility index (Phi) is 17.5. The molecular formula is C38H59ClNPd. The van der Waals surface area contributed by atoms with Gasteiger partial charge in [-0.2, -0.15) is 0 Å². The maximum atomic E-state index is 7.09. The summed E-state index contributed by atoms with van der Waals surface area (Å²) >= 11 is -1.38. The quantitative estimate of drug-likeness (QED) is 0.0801. The molecule has 0 N–H and O–H groups in total. The van der Waals surface area contributed by atoms with E-state index < -0.39 is 15.7 Å². The molecular weight excluding hydrogens is 612 g/mol. The van der Waals surface area contributed by atoms with Gasteiger partial charge in [-0.25, -0.2) is 0 Å². The molecule has 0 aliphatic heterocycles. The minimum absolute atomic E-state index is 0.947. The Labute approximate surface area is 263 Å². The van der Waals surface area contributed by atoms with Gasteiger partial charge in [0.15, 0.2) is 0 Å². The third-order valence-corrected chi connectivity index (χ3v) is 10.8. The summed E-state index contributed by atoms with van der Waals surface area (Å²) in [6.07, 6.45) is 18.4. The summed E-state index contributed by atoms with van der Waals surface area (Å²) in [5.41, 5.74) is 12.3. The molecule has 0 fully saturated rings. The van der Waals surface area contributed by atoms with E-state index in [-0.39, 0.29) is 0 Å². The monoisotopic (exact) mass is 670 g/mol. The molecule has 0 aliphatic carbocycles. The Balaban J connectivity index is 2.50. The number of halogens is 1. The number of rotatable bonds is 19. The summed E-state index contributed by atoms with van der Waals surface area (Å²) in [6.45, 7) is 15.9. The summed E-state index contributed by atoms with van der Waals surface area (Å²) in [4.78, 5) is 5.32. The number of unbranched alkanes of at least 4 members (excludes halogenated alkanes) is 7. The first-order valence-electron chi connectivity index (χ1n) is 16.5. The summed E-state index contributed by atoms with van der Waals surface area (Å²) < 4.78 is 1.36. The summed E-state index contributed by atoms with van der Waals surface area (Å²) in [5.74, 6) is 0. The predicted octanol–water partition coefficient (Wildman–Crippen LogP) is 12.9. The molecule has 0 aliphatic rings. The van der Waals surface area contributed by atoms with E-state index in [0.717, 1.165) is 43.5 Å². The fourth-order valence-electron chi connectivity index (χ4n) is 5.95. The molecule has 233 valence electrons. The van der Waals surface area contributed by atoms with Crippen LogP contribution in [0.5, 0.6) is 0 Å². The number of allylic oxidation sites excluding steroid dienone is 1. The van der Waals surface area contributed by atoms with E-state index in [4.69, 9.17) is 14.5 Å². The van der Waals surface area contributed by atoms with Gasteiger partial charge in [-0.15, -0.1) is 0 Å². The topological polar surface area (TPSA) is 12.4 Å². The molecule has 0 unspecified atom stereocenters. The van der Waals surface area contributed by atoms with Crippen LogP contribution in [-0.2, 0) is 41.4 Å².